The number of ketones is 1. The minimum absolute atomic E-state index is 0.0331. The van der Waals surface area contributed by atoms with Crippen LogP contribution in [0.4, 0.5) is 13.2 Å². The first-order valence-corrected chi connectivity index (χ1v) is 41.3. The first-order chi connectivity index (χ1) is 57.1. The number of aromatic hydroxyl groups is 2. The molecule has 2 bridgehead atoms. The second kappa shape index (κ2) is 47.3. The van der Waals surface area contributed by atoms with Crippen molar-refractivity contribution < 1.29 is 116 Å². The van der Waals surface area contributed by atoms with Crippen LogP contribution in [0.3, 0.4) is 0 Å². The zero-order valence-corrected chi connectivity index (χ0v) is 69.3. The molecular weight excluding hydrogens is 1620 g/mol. The quantitative estimate of drug-likeness (QED) is 0.0573. The van der Waals surface area contributed by atoms with E-state index in [2.05, 4.69) is 68.1 Å². The Balaban J connectivity index is 0.00000310. The van der Waals surface area contributed by atoms with Crippen molar-refractivity contribution in [1.29, 1.82) is 0 Å². The van der Waals surface area contributed by atoms with Crippen molar-refractivity contribution in [2.24, 2.45) is 17.1 Å². The van der Waals surface area contributed by atoms with Gasteiger partial charge in [0, 0.05) is 84.9 Å². The first kappa shape index (κ1) is 98.1. The highest BCUT2D eigenvalue weighted by Gasteiger charge is 2.41. The monoisotopic (exact) mass is 1730 g/mol. The molecule has 121 heavy (non-hydrogen) atoms. The number of aromatic nitrogens is 3. The van der Waals surface area contributed by atoms with Gasteiger partial charge in [-0.15, -0.1) is 0 Å². The number of thioether (sulfide) groups is 2. The number of nitrogens with one attached hydrogen (secondary N) is 12. The van der Waals surface area contributed by atoms with Gasteiger partial charge in [-0.25, -0.2) is 9.97 Å². The van der Waals surface area contributed by atoms with Crippen LogP contribution >= 0.6 is 23.5 Å². The summed E-state index contributed by atoms with van der Waals surface area (Å²) in [6, 6.07) is 12.5. The maximum Gasteiger partial charge on any atom is 0.430 e. The molecule has 0 radical (unpaired) electrons. The van der Waals surface area contributed by atoms with Crippen LogP contribution in [0.15, 0.2) is 122 Å². The van der Waals surface area contributed by atoms with Crippen LogP contribution in [-0.2, 0) is 104 Å². The van der Waals surface area contributed by atoms with Gasteiger partial charge in [0.2, 0.25) is 65.0 Å². The highest BCUT2D eigenvalue weighted by molar-refractivity contribution is 7.98. The molecule has 4 aromatic carbocycles. The number of phenols is 2. The lowest BCUT2D eigenvalue weighted by atomic mass is 9.85. The maximum atomic E-state index is 15.1. The molecule has 656 valence electrons. The van der Waals surface area contributed by atoms with Gasteiger partial charge in [-0.1, -0.05) is 114 Å². The number of carboxylic acid groups (broad SMARTS) is 2. The number of hydrogen-bond donors (Lipinski definition) is 17. The number of fused-ring (bicyclic) bond motifs is 3. The van der Waals surface area contributed by atoms with Crippen molar-refractivity contribution in [2.75, 3.05) is 11.5 Å². The number of nitrogens with zero attached hydrogens (tertiary/aromatic N) is 1. The fraction of sp³-hybridized carbons (Fsp3) is 0.463. The van der Waals surface area contributed by atoms with Gasteiger partial charge in [-0.05, 0) is 96.5 Å². The van der Waals surface area contributed by atoms with Gasteiger partial charge in [-0.2, -0.15) is 36.7 Å². The van der Waals surface area contributed by atoms with E-state index >= 15 is 9.59 Å². The van der Waals surface area contributed by atoms with Crippen molar-refractivity contribution in [3.8, 4) is 11.5 Å². The number of halogens is 3. The number of carboxylic acids is 2. The number of hydrogen-bond acceptors (Lipinski definition) is 22. The molecular formula is C82H105F3N14O20S2. The van der Waals surface area contributed by atoms with Crippen molar-refractivity contribution in [2.45, 2.75) is 216 Å². The van der Waals surface area contributed by atoms with Crippen molar-refractivity contribution >= 4 is 117 Å². The molecule has 11 amide bonds. The second-order valence-corrected chi connectivity index (χ2v) is 32.4. The highest BCUT2D eigenvalue weighted by Crippen LogP contribution is 2.25. The Morgan fingerprint density at radius 1 is 0.570 bits per heavy atom. The molecule has 34 nitrogen and oxygen atoms in total. The number of rotatable bonds is 18. The third-order valence-electron chi connectivity index (χ3n) is 19.2. The van der Waals surface area contributed by atoms with Crippen LogP contribution in [0.25, 0.3) is 10.8 Å². The maximum absolute atomic E-state index is 15.1. The Morgan fingerprint density at radius 2 is 1.05 bits per heavy atom. The molecule has 0 aliphatic carbocycles. The van der Waals surface area contributed by atoms with Gasteiger partial charge in [0.15, 0.2) is 17.7 Å². The summed E-state index contributed by atoms with van der Waals surface area (Å²) in [5, 5.41) is 89.6. The van der Waals surface area contributed by atoms with Gasteiger partial charge in [0.25, 0.3) is 0 Å². The number of aromatic amines is 2. The smallest absolute Gasteiger partial charge is 0.430 e. The SMILES string of the molecule is CCC[C@@H]1NC(=O)[C@H](Cc2cc3ccccc3c[nH+]2)NC(=O)[C@H]([C@@H](C)O)CC(=O)[C@H](Cc2cnc[nH]2)NC(=O)[C@H](Cc2ccc(O)cc2)NC(=O)[C@H](C(C)(C)C)NC(=O)CCSCc2cccc(c2)CSC[C@@H](C(N)=O)NC(=O)[C@H]([C@@H](C)O)NC(=O)[C@H](CCC)NC(=O)[C@H](Cc2ccc(O)cc2)NC(=O)[C@H](CCC(=O)O)NC1=O.O=C([O-])C(F)(F)F. The topological polar surface area (TPSA) is 552 Å². The number of Topliss-reactive ketones (excluding diaryl/α,β-unsaturated/α-hetero) is 1. The summed E-state index contributed by atoms with van der Waals surface area (Å²) in [6.07, 6.45) is -6.97. The number of benzene rings is 4. The van der Waals surface area contributed by atoms with Crippen molar-refractivity contribution in [3.05, 3.63) is 155 Å². The molecule has 6 aromatic rings. The predicted octanol–water partition coefficient (Wildman–Crippen LogP) is 1.11. The van der Waals surface area contributed by atoms with E-state index in [1.807, 2.05) is 30.3 Å². The van der Waals surface area contributed by atoms with Gasteiger partial charge < -0.3 is 99.3 Å². The summed E-state index contributed by atoms with van der Waals surface area (Å²) in [4.78, 5) is 205. The van der Waals surface area contributed by atoms with E-state index in [4.69, 9.17) is 15.6 Å². The lowest BCUT2D eigenvalue weighted by Crippen LogP contribution is -2.61. The van der Waals surface area contributed by atoms with Crippen LogP contribution in [-0.4, -0.2) is 209 Å². The Bertz CT molecular complexity index is 4560. The standard InChI is InChI=1S/C80H104N14O18S2.C2HF3O2/c1-8-13-57-72(105)87-59(27-28-67(101)102)73(106)90-61(32-46-19-23-54(97)24-20-46)75(108)86-58(14-9-2)74(107)94-68(45(4)96)78(111)92-64(70(81)103)42-114-41-49-16-12-15-48(31-49)40-113-30-29-66(100)93-69(80(5,6)7)79(112)91-62(33-47-21-25-55(98)26-22-47)76(109)88-60(36-53-39-82-43-84-53)65(99)37-56(44(3)95)71(104)89-63(77(110)85-57)35-52-34-50-17-10-11-18-51(50)38-83-52;3-2(4,5)1(6)7/h10-12,15-26,31,34,38-39,43-45,56-64,68-69,95-98H,8-9,13-14,27-30,32-33,35-37,40-42H2,1-7H3,(H2,81,103)(H,82,84)(H,85,110)(H,86,108)(H,87,105)(H,88,109)(H,89,104)(H,90,106)(H,91,112)(H,92,111)(H,93,100)(H,94,107)(H,101,102);(H,6,7)/t44-,45-,56+,57+,58+,59+,60+,61+,62+,63+,64+,68+,69-;/m1./s1. The number of aliphatic carboxylic acids is 2. The second-order valence-electron chi connectivity index (χ2n) is 30.2. The van der Waals surface area contributed by atoms with Crippen LogP contribution in [0.2, 0.25) is 0 Å². The highest BCUT2D eigenvalue weighted by atomic mass is 32.2. The summed E-state index contributed by atoms with van der Waals surface area (Å²) < 4.78 is 31.5. The number of imidazole rings is 1. The zero-order valence-electron chi connectivity index (χ0n) is 67.7. The van der Waals surface area contributed by atoms with Gasteiger partial charge >= 0.3 is 12.1 Å². The lowest BCUT2D eigenvalue weighted by molar-refractivity contribution is -0.388. The van der Waals surface area contributed by atoms with Gasteiger partial charge in [0.05, 0.1) is 36.9 Å². The van der Waals surface area contributed by atoms with E-state index in [0.717, 1.165) is 21.9 Å². The van der Waals surface area contributed by atoms with E-state index in [-0.39, 0.29) is 75.0 Å². The van der Waals surface area contributed by atoms with E-state index in [1.165, 1.54) is 98.4 Å². The molecule has 19 N–H and O–H groups in total. The van der Waals surface area contributed by atoms with E-state index in [9.17, 15) is 91.4 Å². The average molecular weight is 1730 g/mol. The predicted molar refractivity (Wildman–Crippen MR) is 436 cm³/mol. The van der Waals surface area contributed by atoms with Crippen LogP contribution in [0, 0.1) is 11.3 Å². The fourth-order valence-corrected chi connectivity index (χ4v) is 14.5. The molecule has 1 aliphatic rings. The van der Waals surface area contributed by atoms with Crippen LogP contribution in [0.1, 0.15) is 133 Å². The minimum Gasteiger partial charge on any atom is -0.542 e. The number of phenolic OH excluding ortho intramolecular Hbond substituents is 2. The number of alkyl halides is 3. The Hall–Kier alpha value is -11.7. The van der Waals surface area contributed by atoms with Gasteiger partial charge in [-0.3, -0.25) is 62.3 Å². The van der Waals surface area contributed by atoms with E-state index in [1.54, 1.807) is 65.1 Å². The Labute approximate surface area is 704 Å². The molecule has 7 rings (SSSR count). The van der Waals surface area contributed by atoms with Crippen molar-refractivity contribution in [1.82, 2.24) is 63.1 Å². The third-order valence-corrected chi connectivity index (χ3v) is 21.3. The number of carbonyl (C=O) groups excluding carboxylic acids is 13. The van der Waals surface area contributed by atoms with Gasteiger partial charge in [0.1, 0.15) is 71.8 Å². The largest absolute Gasteiger partial charge is 0.542 e. The number of carbonyl (C=O) groups is 14. The summed E-state index contributed by atoms with van der Waals surface area (Å²) >= 11 is 2.68. The van der Waals surface area contributed by atoms with Crippen molar-refractivity contribution in [3.63, 3.8) is 0 Å². The number of nitrogens with two attached hydrogens (primary N) is 1. The number of aliphatic hydroxyl groups is 2. The normalized spacial score (nSPS) is 22.7. The van der Waals surface area contributed by atoms with E-state index < -0.39 is 192 Å². The number of aliphatic hydroxyl groups excluding tert-OH is 2. The summed E-state index contributed by atoms with van der Waals surface area (Å²) in [5.74, 6) is -16.2. The lowest BCUT2D eigenvalue weighted by Gasteiger charge is -2.32. The molecule has 0 fully saturated rings. The third kappa shape index (κ3) is 32.7. The Kier molecular flexibility index (Phi) is 38.4. The number of pyridine rings is 1. The average Bonchev–Trinajstić information content (AvgIpc) is 1.41. The molecule has 0 unspecified atom stereocenters. The number of amides is 11. The summed E-state index contributed by atoms with van der Waals surface area (Å²) in [5.41, 5.74) is 8.10. The molecule has 39 heteroatoms. The zero-order chi connectivity index (χ0) is 89.4. The molecule has 0 saturated heterocycles. The minimum atomic E-state index is -5.19. The Morgan fingerprint density at radius 3 is 1.54 bits per heavy atom. The van der Waals surface area contributed by atoms with Crippen LogP contribution in [0.5, 0.6) is 11.5 Å². The molecule has 2 aromatic heterocycles. The number of primary amides is 1. The molecule has 0 saturated carbocycles. The number of H-pyrrole nitrogens is 2. The molecule has 1 aliphatic heterocycles. The van der Waals surface area contributed by atoms with Crippen LogP contribution < -0.4 is 69.0 Å². The molecule has 13 atom stereocenters. The summed E-state index contributed by atoms with van der Waals surface area (Å²) in [7, 11) is 0. The molecule has 0 spiro atoms. The summed E-state index contributed by atoms with van der Waals surface area (Å²) in [6.45, 7) is 11.0. The van der Waals surface area contributed by atoms with E-state index in [0.29, 0.717) is 39.8 Å². The fourth-order valence-electron chi connectivity index (χ4n) is 12.6. The first-order valence-electron chi connectivity index (χ1n) is 39.0. The molecule has 3 heterocycles.